The number of furan rings is 1. The van der Waals surface area contributed by atoms with Crippen molar-refractivity contribution in [3.63, 3.8) is 0 Å². The van der Waals surface area contributed by atoms with Gasteiger partial charge in [0, 0.05) is 12.6 Å². The zero-order valence-corrected chi connectivity index (χ0v) is 14.2. The number of aryl methyl sites for hydroxylation is 1. The number of carbonyl (C=O) groups excluding carboxylic acids is 1. The highest BCUT2D eigenvalue weighted by atomic mass is 16.3. The van der Waals surface area contributed by atoms with Gasteiger partial charge in [-0.2, -0.15) is 0 Å². The Morgan fingerprint density at radius 1 is 1.43 bits per heavy atom. The van der Waals surface area contributed by atoms with Gasteiger partial charge in [-0.05, 0) is 64.1 Å². The molecule has 2 heterocycles. The van der Waals surface area contributed by atoms with Crippen molar-refractivity contribution in [2.75, 3.05) is 19.6 Å². The van der Waals surface area contributed by atoms with Gasteiger partial charge in [0.2, 0.25) is 5.91 Å². The molecular weight excluding hydrogens is 292 g/mol. The van der Waals surface area contributed by atoms with Crippen molar-refractivity contribution in [3.05, 3.63) is 23.7 Å². The molecule has 1 aromatic rings. The number of rotatable bonds is 6. The van der Waals surface area contributed by atoms with E-state index in [0.717, 1.165) is 50.3 Å². The van der Waals surface area contributed by atoms with Gasteiger partial charge in [-0.3, -0.25) is 9.69 Å². The largest absolute Gasteiger partial charge is 0.464 e. The van der Waals surface area contributed by atoms with Gasteiger partial charge in [0.05, 0.1) is 19.2 Å². The molecule has 23 heavy (non-hydrogen) atoms. The van der Waals surface area contributed by atoms with Crippen LogP contribution in [-0.2, 0) is 11.3 Å². The molecule has 2 fully saturated rings. The zero-order chi connectivity index (χ0) is 16.4. The molecule has 1 aliphatic carbocycles. The number of likely N-dealkylation sites (tertiary alicyclic amines) is 1. The summed E-state index contributed by atoms with van der Waals surface area (Å²) in [6.45, 7) is 6.59. The Balaban J connectivity index is 1.58. The molecule has 1 saturated heterocycles. The van der Waals surface area contributed by atoms with Crippen LogP contribution in [0.4, 0.5) is 0 Å². The quantitative estimate of drug-likeness (QED) is 0.873. The summed E-state index contributed by atoms with van der Waals surface area (Å²) >= 11 is 0. The number of hydrogen-bond donors (Lipinski definition) is 1. The molecule has 0 bridgehead atoms. The van der Waals surface area contributed by atoms with Crippen molar-refractivity contribution in [2.24, 2.45) is 5.92 Å². The average molecular weight is 320 g/mol. The molecule has 5 nitrogen and oxygen atoms in total. The number of piperidine rings is 1. The molecule has 2 atom stereocenters. The van der Waals surface area contributed by atoms with E-state index in [2.05, 4.69) is 4.90 Å². The van der Waals surface area contributed by atoms with Crippen molar-refractivity contribution >= 4 is 5.91 Å². The van der Waals surface area contributed by atoms with Crippen LogP contribution in [0.1, 0.15) is 44.1 Å². The van der Waals surface area contributed by atoms with E-state index in [1.165, 1.54) is 0 Å². The van der Waals surface area contributed by atoms with E-state index >= 15 is 0 Å². The van der Waals surface area contributed by atoms with Crippen LogP contribution in [0.5, 0.6) is 0 Å². The third-order valence-electron chi connectivity index (χ3n) is 5.01. The van der Waals surface area contributed by atoms with Gasteiger partial charge >= 0.3 is 0 Å². The first-order valence-corrected chi connectivity index (χ1v) is 8.78. The van der Waals surface area contributed by atoms with Crippen LogP contribution in [0.15, 0.2) is 16.5 Å². The van der Waals surface area contributed by atoms with Gasteiger partial charge in [-0.1, -0.05) is 0 Å². The first kappa shape index (κ1) is 16.5. The lowest BCUT2D eigenvalue weighted by molar-refractivity contribution is -0.134. The van der Waals surface area contributed by atoms with E-state index in [1.807, 2.05) is 30.9 Å². The summed E-state index contributed by atoms with van der Waals surface area (Å²) in [6, 6.07) is 4.29. The number of amides is 1. The summed E-state index contributed by atoms with van der Waals surface area (Å²) in [5.41, 5.74) is 0. The molecule has 3 rings (SSSR count). The molecular formula is C18H28N2O3. The van der Waals surface area contributed by atoms with Crippen molar-refractivity contribution in [3.8, 4) is 0 Å². The number of carbonyl (C=O) groups is 1. The minimum Gasteiger partial charge on any atom is -0.464 e. The highest BCUT2D eigenvalue weighted by Gasteiger charge is 2.34. The predicted molar refractivity (Wildman–Crippen MR) is 87.9 cm³/mol. The number of hydrogen-bond acceptors (Lipinski definition) is 4. The minimum absolute atomic E-state index is 0.188. The Morgan fingerprint density at radius 2 is 2.22 bits per heavy atom. The Labute approximate surface area is 138 Å². The van der Waals surface area contributed by atoms with Gasteiger partial charge < -0.3 is 14.4 Å². The Hall–Kier alpha value is -1.33. The maximum absolute atomic E-state index is 12.8. The zero-order valence-electron chi connectivity index (χ0n) is 14.2. The molecule has 1 N–H and O–H groups in total. The number of aliphatic hydroxyl groups excluding tert-OH is 1. The molecule has 1 aliphatic heterocycles. The lowest BCUT2D eigenvalue weighted by Gasteiger charge is -2.35. The van der Waals surface area contributed by atoms with E-state index in [-0.39, 0.29) is 12.0 Å². The van der Waals surface area contributed by atoms with Crippen LogP contribution in [0.2, 0.25) is 0 Å². The monoisotopic (exact) mass is 320 g/mol. The SMILES string of the molecule is Cc1ccc(CN(C(=O)CN2CCCC(C(C)O)C2)C2CC2)o1. The Morgan fingerprint density at radius 3 is 2.83 bits per heavy atom. The molecule has 0 spiro atoms. The van der Waals surface area contributed by atoms with Gasteiger partial charge in [0.1, 0.15) is 11.5 Å². The van der Waals surface area contributed by atoms with E-state index in [9.17, 15) is 9.90 Å². The standard InChI is InChI=1S/C18H28N2O3/c1-13-5-8-17(23-13)11-20(16-6-7-16)18(22)12-19-9-3-4-15(10-19)14(2)21/h5,8,14-16,21H,3-4,6-7,9-12H2,1-2H3. The van der Waals surface area contributed by atoms with Crippen LogP contribution in [0.3, 0.4) is 0 Å². The third-order valence-corrected chi connectivity index (χ3v) is 5.01. The highest BCUT2D eigenvalue weighted by Crippen LogP contribution is 2.29. The molecule has 1 amide bonds. The van der Waals surface area contributed by atoms with Crippen molar-refractivity contribution in [1.29, 1.82) is 0 Å². The van der Waals surface area contributed by atoms with E-state index in [4.69, 9.17) is 4.42 Å². The summed E-state index contributed by atoms with van der Waals surface area (Å²) in [5, 5.41) is 9.80. The summed E-state index contributed by atoms with van der Waals surface area (Å²) < 4.78 is 5.64. The molecule has 128 valence electrons. The average Bonchev–Trinajstić information content (AvgIpc) is 3.27. The fourth-order valence-corrected chi connectivity index (χ4v) is 3.46. The van der Waals surface area contributed by atoms with Gasteiger partial charge in [0.25, 0.3) is 0 Å². The summed E-state index contributed by atoms with van der Waals surface area (Å²) in [5.74, 6) is 2.23. The van der Waals surface area contributed by atoms with Crippen LogP contribution in [0.25, 0.3) is 0 Å². The van der Waals surface area contributed by atoms with E-state index in [0.29, 0.717) is 25.0 Å². The van der Waals surface area contributed by atoms with Crippen molar-refractivity contribution in [2.45, 2.75) is 58.2 Å². The predicted octanol–water partition coefficient (Wildman–Crippen LogP) is 2.17. The molecule has 0 radical (unpaired) electrons. The molecule has 5 heteroatoms. The fourth-order valence-electron chi connectivity index (χ4n) is 3.46. The first-order valence-electron chi connectivity index (χ1n) is 8.78. The second-order valence-corrected chi connectivity index (χ2v) is 7.14. The maximum atomic E-state index is 12.8. The van der Waals surface area contributed by atoms with Gasteiger partial charge in [-0.25, -0.2) is 0 Å². The van der Waals surface area contributed by atoms with Crippen LogP contribution >= 0.6 is 0 Å². The Bertz CT molecular complexity index is 536. The maximum Gasteiger partial charge on any atom is 0.237 e. The summed E-state index contributed by atoms with van der Waals surface area (Å²) in [7, 11) is 0. The number of aliphatic hydroxyl groups is 1. The summed E-state index contributed by atoms with van der Waals surface area (Å²) in [4.78, 5) is 16.9. The minimum atomic E-state index is -0.293. The van der Waals surface area contributed by atoms with E-state index in [1.54, 1.807) is 0 Å². The first-order chi connectivity index (χ1) is 11.0. The normalized spacial score (nSPS) is 23.7. The Kier molecular flexibility index (Phi) is 5.07. The second-order valence-electron chi connectivity index (χ2n) is 7.14. The second kappa shape index (κ2) is 7.05. The van der Waals surface area contributed by atoms with E-state index < -0.39 is 0 Å². The molecule has 0 aromatic carbocycles. The van der Waals surface area contributed by atoms with Crippen LogP contribution in [0, 0.1) is 12.8 Å². The smallest absolute Gasteiger partial charge is 0.237 e. The van der Waals surface area contributed by atoms with Gasteiger partial charge in [0.15, 0.2) is 0 Å². The van der Waals surface area contributed by atoms with Crippen molar-refractivity contribution in [1.82, 2.24) is 9.80 Å². The van der Waals surface area contributed by atoms with Gasteiger partial charge in [-0.15, -0.1) is 0 Å². The third kappa shape index (κ3) is 4.36. The number of nitrogens with zero attached hydrogens (tertiary/aromatic N) is 2. The van der Waals surface area contributed by atoms with Crippen molar-refractivity contribution < 1.29 is 14.3 Å². The molecule has 2 unspecified atom stereocenters. The topological polar surface area (TPSA) is 56.9 Å². The summed E-state index contributed by atoms with van der Waals surface area (Å²) in [6.07, 6.45) is 4.02. The lowest BCUT2D eigenvalue weighted by Crippen LogP contribution is -2.46. The fraction of sp³-hybridized carbons (Fsp3) is 0.722. The molecule has 1 aromatic heterocycles. The molecule has 1 saturated carbocycles. The lowest BCUT2D eigenvalue weighted by atomic mass is 9.93. The highest BCUT2D eigenvalue weighted by molar-refractivity contribution is 5.79. The molecule has 2 aliphatic rings. The van der Waals surface area contributed by atoms with Crippen LogP contribution in [-0.4, -0.2) is 52.6 Å². The van der Waals surface area contributed by atoms with Crippen LogP contribution < -0.4 is 0 Å².